The summed E-state index contributed by atoms with van der Waals surface area (Å²) in [7, 11) is 1.90. The Hall–Kier alpha value is -1.91. The van der Waals surface area contributed by atoms with Crippen LogP contribution in [0.4, 0.5) is 0 Å². The Balaban J connectivity index is 2.04. The van der Waals surface area contributed by atoms with E-state index in [1.807, 2.05) is 26.1 Å². The molecule has 1 N–H and O–H groups in total. The lowest BCUT2D eigenvalue weighted by Crippen LogP contribution is -2.12. The van der Waals surface area contributed by atoms with Gasteiger partial charge in [-0.25, -0.2) is 0 Å². The topological polar surface area (TPSA) is 39.7 Å². The molecule has 0 radical (unpaired) electrons. The fourth-order valence-corrected chi connectivity index (χ4v) is 3.16. The first kappa shape index (κ1) is 21.4. The molecule has 0 unspecified atom stereocenters. The second kappa shape index (κ2) is 10.4. The van der Waals surface area contributed by atoms with E-state index in [0.29, 0.717) is 48.8 Å². The van der Waals surface area contributed by atoms with Gasteiger partial charge in [-0.1, -0.05) is 37.6 Å². The monoisotopic (exact) mass is 391 g/mol. The maximum Gasteiger partial charge on any atom is 0.179 e. The first-order chi connectivity index (χ1) is 13.0. The number of ether oxygens (including phenoxy) is 3. The van der Waals surface area contributed by atoms with E-state index >= 15 is 0 Å². The molecule has 0 saturated heterocycles. The molecule has 0 atom stereocenters. The van der Waals surface area contributed by atoms with E-state index in [1.165, 1.54) is 11.1 Å². The van der Waals surface area contributed by atoms with Gasteiger partial charge in [0.05, 0.1) is 11.6 Å². The van der Waals surface area contributed by atoms with E-state index in [0.717, 1.165) is 11.3 Å². The fraction of sp³-hybridized carbons (Fsp3) is 0.455. The third-order valence-electron chi connectivity index (χ3n) is 4.13. The number of nitrogens with one attached hydrogen (secondary N) is 1. The van der Waals surface area contributed by atoms with Crippen LogP contribution in [-0.4, -0.2) is 26.9 Å². The van der Waals surface area contributed by atoms with Crippen LogP contribution in [0, 0.1) is 6.92 Å². The van der Waals surface area contributed by atoms with Gasteiger partial charge in [-0.05, 0) is 61.7 Å². The summed E-state index contributed by atoms with van der Waals surface area (Å²) in [6.45, 7) is 10.4. The average Bonchev–Trinajstić information content (AvgIpc) is 2.60. The molecule has 0 heterocycles. The van der Waals surface area contributed by atoms with Gasteiger partial charge in [0.1, 0.15) is 19.0 Å². The molecule has 0 aliphatic carbocycles. The van der Waals surface area contributed by atoms with Gasteiger partial charge in [-0.15, -0.1) is 0 Å². The Morgan fingerprint density at radius 2 is 1.74 bits per heavy atom. The van der Waals surface area contributed by atoms with Crippen LogP contribution in [-0.2, 0) is 6.54 Å². The molecule has 4 nitrogen and oxygen atoms in total. The summed E-state index contributed by atoms with van der Waals surface area (Å²) in [5.41, 5.74) is 3.43. The molecule has 2 rings (SSSR count). The summed E-state index contributed by atoms with van der Waals surface area (Å²) in [4.78, 5) is 0. The molecule has 0 aliphatic rings. The van der Waals surface area contributed by atoms with E-state index in [9.17, 15) is 0 Å². The van der Waals surface area contributed by atoms with Crippen LogP contribution in [0.15, 0.2) is 30.3 Å². The van der Waals surface area contributed by atoms with Crippen molar-refractivity contribution in [2.75, 3.05) is 26.9 Å². The molecule has 0 saturated carbocycles. The molecule has 0 fully saturated rings. The fourth-order valence-electron chi connectivity index (χ4n) is 2.87. The van der Waals surface area contributed by atoms with Gasteiger partial charge in [0.15, 0.2) is 11.5 Å². The van der Waals surface area contributed by atoms with Gasteiger partial charge >= 0.3 is 0 Å². The lowest BCUT2D eigenvalue weighted by atomic mass is 10.0. The van der Waals surface area contributed by atoms with Gasteiger partial charge in [-0.3, -0.25) is 0 Å². The SMILES string of the molecule is CCOc1cc(CNC)cc(Cl)c1OCCOc1cc(C)ccc1C(C)C. The summed E-state index contributed by atoms with van der Waals surface area (Å²) >= 11 is 6.42. The van der Waals surface area contributed by atoms with Crippen LogP contribution in [0.5, 0.6) is 17.2 Å². The summed E-state index contributed by atoms with van der Waals surface area (Å²) in [5.74, 6) is 2.54. The summed E-state index contributed by atoms with van der Waals surface area (Å²) < 4.78 is 17.6. The lowest BCUT2D eigenvalue weighted by molar-refractivity contribution is 0.207. The average molecular weight is 392 g/mol. The quantitative estimate of drug-likeness (QED) is 0.554. The predicted octanol–water partition coefficient (Wildman–Crippen LogP) is 5.35. The third-order valence-corrected chi connectivity index (χ3v) is 4.41. The lowest BCUT2D eigenvalue weighted by Gasteiger charge is -2.17. The standard InChI is InChI=1S/C22H30ClNO3/c1-6-25-21-13-17(14-24-5)12-19(23)22(21)27-10-9-26-20-11-16(4)7-8-18(20)15(2)3/h7-8,11-13,15,24H,6,9-10,14H2,1-5H3. The van der Waals surface area contributed by atoms with Crippen molar-refractivity contribution in [2.45, 2.75) is 40.2 Å². The smallest absolute Gasteiger partial charge is 0.179 e. The third kappa shape index (κ3) is 6.05. The highest BCUT2D eigenvalue weighted by atomic mass is 35.5. The van der Waals surface area contributed by atoms with Gasteiger partial charge < -0.3 is 19.5 Å². The van der Waals surface area contributed by atoms with Crippen molar-refractivity contribution >= 4 is 11.6 Å². The Morgan fingerprint density at radius 3 is 2.41 bits per heavy atom. The molecule has 0 spiro atoms. The van der Waals surface area contributed by atoms with Gasteiger partial charge in [0.2, 0.25) is 0 Å². The second-order valence-electron chi connectivity index (χ2n) is 6.76. The van der Waals surface area contributed by atoms with Crippen LogP contribution in [0.3, 0.4) is 0 Å². The zero-order valence-electron chi connectivity index (χ0n) is 16.9. The normalized spacial score (nSPS) is 10.9. The molecular weight excluding hydrogens is 362 g/mol. The highest BCUT2D eigenvalue weighted by molar-refractivity contribution is 6.32. The highest BCUT2D eigenvalue weighted by Gasteiger charge is 2.13. The van der Waals surface area contributed by atoms with Crippen molar-refractivity contribution in [1.82, 2.24) is 5.32 Å². The van der Waals surface area contributed by atoms with Crippen LogP contribution < -0.4 is 19.5 Å². The zero-order valence-corrected chi connectivity index (χ0v) is 17.7. The number of rotatable bonds is 10. The summed E-state index contributed by atoms with van der Waals surface area (Å²) in [6, 6.07) is 10.2. The molecule has 2 aromatic carbocycles. The minimum atomic E-state index is 0.386. The zero-order chi connectivity index (χ0) is 19.8. The van der Waals surface area contributed by atoms with Crippen LogP contribution in [0.25, 0.3) is 0 Å². The van der Waals surface area contributed by atoms with Crippen LogP contribution in [0.1, 0.15) is 43.4 Å². The summed E-state index contributed by atoms with van der Waals surface area (Å²) in [6.07, 6.45) is 0. The Kier molecular flexibility index (Phi) is 8.26. The van der Waals surface area contributed by atoms with Crippen LogP contribution >= 0.6 is 11.6 Å². The Morgan fingerprint density at radius 1 is 1.00 bits per heavy atom. The molecule has 0 bridgehead atoms. The largest absolute Gasteiger partial charge is 0.490 e. The van der Waals surface area contributed by atoms with Gasteiger partial charge in [0, 0.05) is 6.54 Å². The first-order valence-electron chi connectivity index (χ1n) is 9.42. The minimum Gasteiger partial charge on any atom is -0.490 e. The van der Waals surface area contributed by atoms with Crippen molar-refractivity contribution < 1.29 is 14.2 Å². The number of benzene rings is 2. The molecule has 0 amide bonds. The van der Waals surface area contributed by atoms with Crippen molar-refractivity contribution in [3.63, 3.8) is 0 Å². The van der Waals surface area contributed by atoms with Gasteiger partial charge in [-0.2, -0.15) is 0 Å². The second-order valence-corrected chi connectivity index (χ2v) is 7.17. The number of hydrogen-bond acceptors (Lipinski definition) is 4. The Bertz CT molecular complexity index is 747. The molecule has 5 heteroatoms. The molecule has 2 aromatic rings. The first-order valence-corrected chi connectivity index (χ1v) is 9.80. The van der Waals surface area contributed by atoms with E-state index < -0.39 is 0 Å². The molecule has 148 valence electrons. The number of hydrogen-bond donors (Lipinski definition) is 1. The molecule has 0 aromatic heterocycles. The van der Waals surface area contributed by atoms with E-state index in [4.69, 9.17) is 25.8 Å². The maximum absolute atomic E-state index is 6.42. The number of aryl methyl sites for hydroxylation is 1. The molecular formula is C22H30ClNO3. The number of halogens is 1. The summed E-state index contributed by atoms with van der Waals surface area (Å²) in [5, 5.41) is 3.66. The Labute approximate surface area is 167 Å². The van der Waals surface area contributed by atoms with Gasteiger partial charge in [0.25, 0.3) is 0 Å². The van der Waals surface area contributed by atoms with Crippen molar-refractivity contribution in [1.29, 1.82) is 0 Å². The van der Waals surface area contributed by atoms with Crippen molar-refractivity contribution in [3.8, 4) is 17.2 Å². The van der Waals surface area contributed by atoms with Crippen molar-refractivity contribution in [2.24, 2.45) is 0 Å². The highest BCUT2D eigenvalue weighted by Crippen LogP contribution is 2.37. The van der Waals surface area contributed by atoms with E-state index in [-0.39, 0.29) is 0 Å². The molecule has 27 heavy (non-hydrogen) atoms. The van der Waals surface area contributed by atoms with E-state index in [2.05, 4.69) is 44.3 Å². The predicted molar refractivity (Wildman–Crippen MR) is 112 cm³/mol. The van der Waals surface area contributed by atoms with E-state index in [1.54, 1.807) is 0 Å². The van der Waals surface area contributed by atoms with Crippen molar-refractivity contribution in [3.05, 3.63) is 52.0 Å². The van der Waals surface area contributed by atoms with Crippen LogP contribution in [0.2, 0.25) is 5.02 Å². The maximum atomic E-state index is 6.42. The molecule has 0 aliphatic heterocycles. The minimum absolute atomic E-state index is 0.386.